The summed E-state index contributed by atoms with van der Waals surface area (Å²) in [5, 5.41) is 0.744. The van der Waals surface area contributed by atoms with E-state index in [9.17, 15) is 9.59 Å². The summed E-state index contributed by atoms with van der Waals surface area (Å²) in [7, 11) is 0. The van der Waals surface area contributed by atoms with Crippen LogP contribution < -0.4 is 0 Å². The molecule has 2 rings (SSSR count). The maximum Gasteiger partial charge on any atom is 0.254 e. The maximum absolute atomic E-state index is 12.3. The molecule has 1 fully saturated rings. The van der Waals surface area contributed by atoms with Crippen molar-refractivity contribution in [3.05, 3.63) is 33.8 Å². The number of hydrogen-bond acceptors (Lipinski definition) is 2. The minimum absolute atomic E-state index is 0.0281. The van der Waals surface area contributed by atoms with Crippen molar-refractivity contribution in [2.45, 2.75) is 19.9 Å². The molecule has 0 atom stereocenters. The number of hydrogen-bond donors (Lipinski definition) is 0. The molecule has 108 valence electrons. The zero-order valence-electron chi connectivity index (χ0n) is 11.4. The van der Waals surface area contributed by atoms with E-state index < -0.39 is 0 Å². The molecule has 1 heterocycles. The molecule has 1 aromatic rings. The number of benzene rings is 1. The molecule has 0 aliphatic carbocycles. The lowest BCUT2D eigenvalue weighted by Crippen LogP contribution is -2.54. The molecule has 0 radical (unpaired) electrons. The Bertz CT molecular complexity index is 546. The van der Waals surface area contributed by atoms with Crippen LogP contribution in [0.15, 0.2) is 18.2 Å². The molecule has 0 unspecified atom stereocenters. The lowest BCUT2D eigenvalue weighted by molar-refractivity contribution is -0.136. The van der Waals surface area contributed by atoms with Crippen LogP contribution in [0.4, 0.5) is 0 Å². The second-order valence-electron chi connectivity index (χ2n) is 5.04. The standard InChI is InChI=1S/C14H16Cl2N2O2/c1-9(2)18-6-5-17(8-13(18)19)14(20)10-3-4-11(15)12(16)7-10/h3-4,7,9H,5-6,8H2,1-2H3. The first-order valence-electron chi connectivity index (χ1n) is 6.44. The van der Waals surface area contributed by atoms with Gasteiger partial charge in [-0.1, -0.05) is 23.2 Å². The summed E-state index contributed by atoms with van der Waals surface area (Å²) in [4.78, 5) is 27.6. The lowest BCUT2D eigenvalue weighted by atomic mass is 10.1. The predicted octanol–water partition coefficient (Wildman–Crippen LogP) is 2.69. The third-order valence-electron chi connectivity index (χ3n) is 3.33. The molecule has 0 bridgehead atoms. The molecule has 2 amide bonds. The first-order chi connectivity index (χ1) is 9.40. The molecule has 0 spiro atoms. The van der Waals surface area contributed by atoms with Crippen LogP contribution in [0.25, 0.3) is 0 Å². The molecule has 1 aliphatic rings. The zero-order chi connectivity index (χ0) is 14.9. The number of carbonyl (C=O) groups excluding carboxylic acids is 2. The quantitative estimate of drug-likeness (QED) is 0.842. The van der Waals surface area contributed by atoms with Gasteiger partial charge < -0.3 is 9.80 Å². The van der Waals surface area contributed by atoms with Gasteiger partial charge in [0.05, 0.1) is 10.0 Å². The fourth-order valence-corrected chi connectivity index (χ4v) is 2.52. The number of amides is 2. The summed E-state index contributed by atoms with van der Waals surface area (Å²) in [5.74, 6) is -0.222. The van der Waals surface area contributed by atoms with Gasteiger partial charge in [-0.3, -0.25) is 9.59 Å². The van der Waals surface area contributed by atoms with E-state index in [-0.39, 0.29) is 24.4 Å². The van der Waals surface area contributed by atoms with E-state index in [1.807, 2.05) is 13.8 Å². The molecular formula is C14H16Cl2N2O2. The van der Waals surface area contributed by atoms with Crippen molar-refractivity contribution in [1.29, 1.82) is 0 Å². The Morgan fingerprint density at radius 1 is 1.20 bits per heavy atom. The average molecular weight is 315 g/mol. The predicted molar refractivity (Wildman–Crippen MR) is 79.2 cm³/mol. The van der Waals surface area contributed by atoms with Gasteiger partial charge in [-0.2, -0.15) is 0 Å². The maximum atomic E-state index is 12.3. The van der Waals surface area contributed by atoms with Crippen LogP contribution in [0, 0.1) is 0 Å². The van der Waals surface area contributed by atoms with Crippen molar-refractivity contribution in [3.63, 3.8) is 0 Å². The Hall–Kier alpha value is -1.26. The summed E-state index contributed by atoms with van der Waals surface area (Å²) in [6.45, 7) is 5.13. The SMILES string of the molecule is CC(C)N1CCN(C(=O)c2ccc(Cl)c(Cl)c2)CC1=O. The van der Waals surface area contributed by atoms with E-state index in [0.29, 0.717) is 28.7 Å². The van der Waals surface area contributed by atoms with Crippen LogP contribution in [0.5, 0.6) is 0 Å². The molecule has 1 saturated heterocycles. The van der Waals surface area contributed by atoms with Crippen molar-refractivity contribution in [2.24, 2.45) is 0 Å². The Balaban J connectivity index is 2.11. The number of halogens is 2. The van der Waals surface area contributed by atoms with Gasteiger partial charge in [0.15, 0.2) is 0 Å². The van der Waals surface area contributed by atoms with Crippen molar-refractivity contribution < 1.29 is 9.59 Å². The fourth-order valence-electron chi connectivity index (χ4n) is 2.22. The molecule has 1 aliphatic heterocycles. The van der Waals surface area contributed by atoms with E-state index in [0.717, 1.165) is 0 Å². The average Bonchev–Trinajstić information content (AvgIpc) is 2.40. The smallest absolute Gasteiger partial charge is 0.254 e. The first kappa shape index (κ1) is 15.1. The van der Waals surface area contributed by atoms with Crippen molar-refractivity contribution in [2.75, 3.05) is 19.6 Å². The Kier molecular flexibility index (Phi) is 4.55. The Labute approximate surface area is 128 Å². The highest BCUT2D eigenvalue weighted by Crippen LogP contribution is 2.23. The van der Waals surface area contributed by atoms with Crippen LogP contribution in [-0.2, 0) is 4.79 Å². The Morgan fingerprint density at radius 2 is 1.90 bits per heavy atom. The molecule has 1 aromatic carbocycles. The normalized spacial score (nSPS) is 15.9. The lowest BCUT2D eigenvalue weighted by Gasteiger charge is -2.36. The molecule has 4 nitrogen and oxygen atoms in total. The molecule has 0 aromatic heterocycles. The van der Waals surface area contributed by atoms with Crippen LogP contribution in [0.2, 0.25) is 10.0 Å². The van der Waals surface area contributed by atoms with Gasteiger partial charge in [0.2, 0.25) is 5.91 Å². The zero-order valence-corrected chi connectivity index (χ0v) is 12.9. The van der Waals surface area contributed by atoms with E-state index in [4.69, 9.17) is 23.2 Å². The summed E-state index contributed by atoms with van der Waals surface area (Å²) >= 11 is 11.7. The van der Waals surface area contributed by atoms with Gasteiger partial charge >= 0.3 is 0 Å². The highest BCUT2D eigenvalue weighted by atomic mass is 35.5. The first-order valence-corrected chi connectivity index (χ1v) is 7.19. The second kappa shape index (κ2) is 6.02. The number of carbonyl (C=O) groups is 2. The third-order valence-corrected chi connectivity index (χ3v) is 4.07. The molecule has 0 N–H and O–H groups in total. The van der Waals surface area contributed by atoms with Crippen molar-refractivity contribution in [3.8, 4) is 0 Å². The van der Waals surface area contributed by atoms with Crippen molar-refractivity contribution >= 4 is 35.0 Å². The third kappa shape index (κ3) is 3.07. The number of nitrogens with zero attached hydrogens (tertiary/aromatic N) is 2. The van der Waals surface area contributed by atoms with E-state index in [2.05, 4.69) is 0 Å². The summed E-state index contributed by atoms with van der Waals surface area (Å²) < 4.78 is 0. The molecule has 20 heavy (non-hydrogen) atoms. The number of piperazine rings is 1. The highest BCUT2D eigenvalue weighted by Gasteiger charge is 2.29. The van der Waals surface area contributed by atoms with E-state index >= 15 is 0 Å². The molecular weight excluding hydrogens is 299 g/mol. The van der Waals surface area contributed by atoms with Crippen LogP contribution in [0.1, 0.15) is 24.2 Å². The van der Waals surface area contributed by atoms with Crippen LogP contribution >= 0.6 is 23.2 Å². The van der Waals surface area contributed by atoms with Crippen LogP contribution in [0.3, 0.4) is 0 Å². The van der Waals surface area contributed by atoms with Gasteiger partial charge in [0.25, 0.3) is 5.91 Å². The topological polar surface area (TPSA) is 40.6 Å². The highest BCUT2D eigenvalue weighted by molar-refractivity contribution is 6.42. The summed E-state index contributed by atoms with van der Waals surface area (Å²) in [6.07, 6.45) is 0. The van der Waals surface area contributed by atoms with E-state index in [1.54, 1.807) is 21.9 Å². The van der Waals surface area contributed by atoms with Crippen molar-refractivity contribution in [1.82, 2.24) is 9.80 Å². The van der Waals surface area contributed by atoms with Gasteiger partial charge in [0.1, 0.15) is 6.54 Å². The second-order valence-corrected chi connectivity index (χ2v) is 5.85. The minimum Gasteiger partial charge on any atom is -0.337 e. The summed E-state index contributed by atoms with van der Waals surface area (Å²) in [6, 6.07) is 4.90. The van der Waals surface area contributed by atoms with Gasteiger partial charge in [-0.25, -0.2) is 0 Å². The molecule has 0 saturated carbocycles. The minimum atomic E-state index is -0.194. The van der Waals surface area contributed by atoms with Crippen LogP contribution in [-0.4, -0.2) is 47.3 Å². The van der Waals surface area contributed by atoms with Gasteiger partial charge in [0, 0.05) is 24.7 Å². The molecule has 6 heteroatoms. The summed E-state index contributed by atoms with van der Waals surface area (Å²) in [5.41, 5.74) is 0.449. The van der Waals surface area contributed by atoms with Gasteiger partial charge in [-0.05, 0) is 32.0 Å². The largest absolute Gasteiger partial charge is 0.337 e. The Morgan fingerprint density at radius 3 is 2.45 bits per heavy atom. The fraction of sp³-hybridized carbons (Fsp3) is 0.429. The number of rotatable bonds is 2. The van der Waals surface area contributed by atoms with E-state index in [1.165, 1.54) is 6.07 Å². The van der Waals surface area contributed by atoms with Gasteiger partial charge in [-0.15, -0.1) is 0 Å². The monoisotopic (exact) mass is 314 g/mol.